The fourth-order valence-electron chi connectivity index (χ4n) is 1.80. The molecule has 0 atom stereocenters. The summed E-state index contributed by atoms with van der Waals surface area (Å²) in [5.41, 5.74) is 1.73. The number of hydrogen-bond acceptors (Lipinski definition) is 2. The lowest BCUT2D eigenvalue weighted by Gasteiger charge is -2.15. The molecule has 0 saturated carbocycles. The Kier molecular flexibility index (Phi) is 4.08. The van der Waals surface area contributed by atoms with Crippen molar-refractivity contribution in [2.75, 3.05) is 6.61 Å². The smallest absolute Gasteiger partial charge is 0.141 e. The van der Waals surface area contributed by atoms with Crippen molar-refractivity contribution in [3.05, 3.63) is 30.1 Å². The van der Waals surface area contributed by atoms with E-state index in [0.717, 1.165) is 23.2 Å². The van der Waals surface area contributed by atoms with Crippen LogP contribution in [0.1, 0.15) is 5.56 Å². The van der Waals surface area contributed by atoms with E-state index in [1.807, 2.05) is 22.9 Å². The second-order valence-corrected chi connectivity index (χ2v) is 11.5. The van der Waals surface area contributed by atoms with Crippen LogP contribution in [0.3, 0.4) is 0 Å². The van der Waals surface area contributed by atoms with E-state index in [1.165, 1.54) is 6.04 Å². The normalized spacial score (nSPS) is 11.7. The molecule has 0 spiro atoms. The van der Waals surface area contributed by atoms with Crippen LogP contribution in [0.5, 0.6) is 0 Å². The quantitative estimate of drug-likeness (QED) is 0.474. The fourth-order valence-corrected chi connectivity index (χ4v) is 2.56. The van der Waals surface area contributed by atoms with Crippen LogP contribution in [-0.4, -0.2) is 24.2 Å². The van der Waals surface area contributed by atoms with Crippen LogP contribution in [-0.2, 0) is 11.5 Å². The van der Waals surface area contributed by atoms with Crippen LogP contribution in [0.4, 0.5) is 0 Å². The SMILES string of the molecule is C#Cc1cnc2c(ccn2COCC[Si](C)(C)C)c1. The van der Waals surface area contributed by atoms with Gasteiger partial charge in [0.05, 0.1) is 0 Å². The topological polar surface area (TPSA) is 27.1 Å². The minimum Gasteiger partial charge on any atom is -0.361 e. The summed E-state index contributed by atoms with van der Waals surface area (Å²) in [5, 5.41) is 1.06. The van der Waals surface area contributed by atoms with E-state index >= 15 is 0 Å². The van der Waals surface area contributed by atoms with Gasteiger partial charge >= 0.3 is 0 Å². The number of ether oxygens (including phenoxy) is 1. The van der Waals surface area contributed by atoms with E-state index in [1.54, 1.807) is 6.20 Å². The molecule has 0 aliphatic rings. The molecule has 0 aromatic carbocycles. The maximum absolute atomic E-state index is 5.74. The third-order valence-corrected chi connectivity index (χ3v) is 4.70. The Morgan fingerprint density at radius 3 is 2.89 bits per heavy atom. The minimum absolute atomic E-state index is 0.552. The zero-order valence-electron chi connectivity index (χ0n) is 11.8. The van der Waals surface area contributed by atoms with Crippen molar-refractivity contribution in [2.45, 2.75) is 32.4 Å². The Labute approximate surface area is 115 Å². The van der Waals surface area contributed by atoms with Gasteiger partial charge in [0.1, 0.15) is 12.4 Å². The minimum atomic E-state index is -1.02. The predicted molar refractivity (Wildman–Crippen MR) is 81.8 cm³/mol. The summed E-state index contributed by atoms with van der Waals surface area (Å²) in [7, 11) is -1.02. The fraction of sp³-hybridized carbons (Fsp3) is 0.400. The van der Waals surface area contributed by atoms with Crippen LogP contribution in [0, 0.1) is 12.3 Å². The molecule has 0 unspecified atom stereocenters. The molecule has 2 aromatic heterocycles. The number of rotatable bonds is 5. The third-order valence-electron chi connectivity index (χ3n) is 2.99. The summed E-state index contributed by atoms with van der Waals surface area (Å²) >= 11 is 0. The molecule has 100 valence electrons. The molecule has 4 heteroatoms. The van der Waals surface area contributed by atoms with Gasteiger partial charge in [-0.05, 0) is 18.2 Å². The Bertz CT molecular complexity index is 605. The van der Waals surface area contributed by atoms with Gasteiger partial charge < -0.3 is 9.30 Å². The number of fused-ring (bicyclic) bond motifs is 1. The lowest BCUT2D eigenvalue weighted by molar-refractivity contribution is 0.0899. The second-order valence-electron chi connectivity index (χ2n) is 5.91. The molecule has 0 N–H and O–H groups in total. The van der Waals surface area contributed by atoms with Gasteiger partial charge in [-0.1, -0.05) is 25.6 Å². The van der Waals surface area contributed by atoms with E-state index < -0.39 is 8.07 Å². The van der Waals surface area contributed by atoms with Gasteiger partial charge in [0, 0.05) is 38.0 Å². The summed E-state index contributed by atoms with van der Waals surface area (Å²) in [6, 6.07) is 5.17. The zero-order chi connectivity index (χ0) is 13.9. The van der Waals surface area contributed by atoms with Crippen molar-refractivity contribution < 1.29 is 4.74 Å². The van der Waals surface area contributed by atoms with Gasteiger partial charge in [-0.3, -0.25) is 0 Å². The van der Waals surface area contributed by atoms with Gasteiger partial charge in [0.2, 0.25) is 0 Å². The Balaban J connectivity index is 2.00. The average molecular weight is 272 g/mol. The number of pyridine rings is 1. The Morgan fingerprint density at radius 1 is 1.42 bits per heavy atom. The number of aromatic nitrogens is 2. The van der Waals surface area contributed by atoms with Gasteiger partial charge in [-0.25, -0.2) is 4.98 Å². The molecule has 0 aliphatic heterocycles. The highest BCUT2D eigenvalue weighted by atomic mass is 28.3. The first kappa shape index (κ1) is 13.8. The summed E-state index contributed by atoms with van der Waals surface area (Å²) in [6.45, 7) is 8.42. The summed E-state index contributed by atoms with van der Waals surface area (Å²) < 4.78 is 7.75. The predicted octanol–water partition coefficient (Wildman–Crippen LogP) is 3.33. The number of terminal acetylenes is 1. The van der Waals surface area contributed by atoms with E-state index in [0.29, 0.717) is 6.73 Å². The van der Waals surface area contributed by atoms with Crippen LogP contribution >= 0.6 is 0 Å². The Hall–Kier alpha value is -1.57. The largest absolute Gasteiger partial charge is 0.361 e. The van der Waals surface area contributed by atoms with Crippen molar-refractivity contribution in [1.29, 1.82) is 0 Å². The van der Waals surface area contributed by atoms with Crippen LogP contribution in [0.25, 0.3) is 11.0 Å². The first-order valence-corrected chi connectivity index (χ1v) is 10.2. The maximum Gasteiger partial charge on any atom is 0.141 e. The molecule has 0 aliphatic carbocycles. The molecule has 0 bridgehead atoms. The molecule has 2 rings (SSSR count). The van der Waals surface area contributed by atoms with Gasteiger partial charge in [0.25, 0.3) is 0 Å². The lowest BCUT2D eigenvalue weighted by Crippen LogP contribution is -2.22. The molecular weight excluding hydrogens is 252 g/mol. The lowest BCUT2D eigenvalue weighted by atomic mass is 10.2. The van der Waals surface area contributed by atoms with E-state index in [2.05, 4.69) is 30.5 Å². The Morgan fingerprint density at radius 2 is 2.21 bits per heavy atom. The molecule has 2 heterocycles. The van der Waals surface area contributed by atoms with Gasteiger partial charge in [0.15, 0.2) is 0 Å². The second kappa shape index (κ2) is 5.60. The van der Waals surface area contributed by atoms with E-state index in [-0.39, 0.29) is 0 Å². The molecule has 0 saturated heterocycles. The van der Waals surface area contributed by atoms with Crippen LogP contribution in [0.2, 0.25) is 25.7 Å². The highest BCUT2D eigenvalue weighted by Crippen LogP contribution is 2.15. The van der Waals surface area contributed by atoms with E-state index in [4.69, 9.17) is 11.2 Å². The highest BCUT2D eigenvalue weighted by Gasteiger charge is 2.12. The molecule has 2 aromatic rings. The summed E-state index contributed by atoms with van der Waals surface area (Å²) in [5.74, 6) is 2.60. The molecule has 0 fully saturated rings. The molecule has 19 heavy (non-hydrogen) atoms. The van der Waals surface area contributed by atoms with Crippen molar-refractivity contribution in [1.82, 2.24) is 9.55 Å². The summed E-state index contributed by atoms with van der Waals surface area (Å²) in [6.07, 6.45) is 9.08. The van der Waals surface area contributed by atoms with E-state index in [9.17, 15) is 0 Å². The van der Waals surface area contributed by atoms with Crippen molar-refractivity contribution in [3.63, 3.8) is 0 Å². The standard InChI is InChI=1S/C15H20N2OSi/c1-5-13-10-14-6-7-17(15(14)16-11-13)12-18-8-9-19(2,3)4/h1,6-7,10-11H,8-9,12H2,2-4H3. The average Bonchev–Trinajstić information content (AvgIpc) is 2.75. The van der Waals surface area contributed by atoms with Crippen LogP contribution < -0.4 is 0 Å². The van der Waals surface area contributed by atoms with Crippen LogP contribution in [0.15, 0.2) is 24.5 Å². The molecular formula is C15H20N2OSi. The third kappa shape index (κ3) is 3.69. The van der Waals surface area contributed by atoms with Crippen molar-refractivity contribution in [2.24, 2.45) is 0 Å². The summed E-state index contributed by atoms with van der Waals surface area (Å²) in [4.78, 5) is 4.39. The number of hydrogen-bond donors (Lipinski definition) is 0. The van der Waals surface area contributed by atoms with Gasteiger partial charge in [-0.15, -0.1) is 6.42 Å². The van der Waals surface area contributed by atoms with Crippen molar-refractivity contribution >= 4 is 19.1 Å². The molecule has 0 radical (unpaired) electrons. The first-order valence-electron chi connectivity index (χ1n) is 6.49. The maximum atomic E-state index is 5.74. The number of nitrogens with zero attached hydrogens (tertiary/aromatic N) is 2. The zero-order valence-corrected chi connectivity index (χ0v) is 12.8. The monoisotopic (exact) mass is 272 g/mol. The van der Waals surface area contributed by atoms with Gasteiger partial charge in [-0.2, -0.15) is 0 Å². The molecule has 0 amide bonds. The van der Waals surface area contributed by atoms with Crippen molar-refractivity contribution in [3.8, 4) is 12.3 Å². The highest BCUT2D eigenvalue weighted by molar-refractivity contribution is 6.76. The molecule has 3 nitrogen and oxygen atoms in total. The first-order chi connectivity index (χ1) is 8.99.